The summed E-state index contributed by atoms with van der Waals surface area (Å²) in [6, 6.07) is 7.41. The van der Waals surface area contributed by atoms with Crippen molar-refractivity contribution in [2.75, 3.05) is 44.8 Å². The predicted octanol–water partition coefficient (Wildman–Crippen LogP) is 3.44. The summed E-state index contributed by atoms with van der Waals surface area (Å²) in [6.45, 7) is 4.18. The Morgan fingerprint density at radius 1 is 0.897 bits per heavy atom. The number of anilines is 1. The molecular formula is C22H32N2O5. The number of carbonyl (C=O) groups is 1. The molecule has 0 aliphatic carbocycles. The van der Waals surface area contributed by atoms with Gasteiger partial charge in [-0.05, 0) is 62.8 Å². The topological polar surface area (TPSA) is 69.3 Å². The van der Waals surface area contributed by atoms with Crippen molar-refractivity contribution in [1.29, 1.82) is 0 Å². The van der Waals surface area contributed by atoms with Gasteiger partial charge in [-0.1, -0.05) is 0 Å². The molecule has 29 heavy (non-hydrogen) atoms. The second-order valence-electron chi connectivity index (χ2n) is 8.08. The Bertz CT molecular complexity index is 617. The fraction of sp³-hybridized carbons (Fsp3) is 0.682. The Hall–Kier alpha value is -1.83. The summed E-state index contributed by atoms with van der Waals surface area (Å²) in [5, 5.41) is 3.01. The highest BCUT2D eigenvalue weighted by Gasteiger charge is 2.27. The molecule has 1 aromatic carbocycles. The van der Waals surface area contributed by atoms with E-state index in [-0.39, 0.29) is 24.3 Å². The van der Waals surface area contributed by atoms with Crippen LogP contribution >= 0.6 is 0 Å². The normalized spacial score (nSPS) is 26.6. The van der Waals surface area contributed by atoms with Crippen molar-refractivity contribution in [1.82, 2.24) is 4.90 Å². The van der Waals surface area contributed by atoms with Gasteiger partial charge in [-0.25, -0.2) is 4.79 Å². The van der Waals surface area contributed by atoms with Crippen LogP contribution in [0.1, 0.15) is 38.5 Å². The molecule has 1 N–H and O–H groups in total. The molecule has 0 bridgehead atoms. The smallest absolute Gasteiger partial charge is 0.322 e. The quantitative estimate of drug-likeness (QED) is 0.719. The largest absolute Gasteiger partial charge is 0.491 e. The van der Waals surface area contributed by atoms with Gasteiger partial charge in [-0.2, -0.15) is 0 Å². The number of amides is 2. The van der Waals surface area contributed by atoms with Gasteiger partial charge in [-0.15, -0.1) is 0 Å². The first-order chi connectivity index (χ1) is 14.3. The second kappa shape index (κ2) is 10.3. The number of nitrogens with zero attached hydrogens (tertiary/aromatic N) is 1. The fourth-order valence-electron chi connectivity index (χ4n) is 4.11. The third-order valence-electron chi connectivity index (χ3n) is 5.75. The molecule has 160 valence electrons. The summed E-state index contributed by atoms with van der Waals surface area (Å²) in [7, 11) is 0. The first-order valence-electron chi connectivity index (χ1n) is 10.9. The maximum absolute atomic E-state index is 12.9. The lowest BCUT2D eigenvalue weighted by molar-refractivity contribution is 0.0524. The third-order valence-corrected chi connectivity index (χ3v) is 5.75. The molecular weight excluding hydrogens is 372 g/mol. The molecule has 0 aromatic heterocycles. The van der Waals surface area contributed by atoms with E-state index in [0.717, 1.165) is 69.8 Å². The first-order valence-corrected chi connectivity index (χ1v) is 10.9. The van der Waals surface area contributed by atoms with E-state index in [1.54, 1.807) is 0 Å². The Balaban J connectivity index is 1.30. The summed E-state index contributed by atoms with van der Waals surface area (Å²) in [5.41, 5.74) is 0.754. The second-order valence-corrected chi connectivity index (χ2v) is 8.08. The number of benzene rings is 1. The van der Waals surface area contributed by atoms with Crippen LogP contribution in [0.25, 0.3) is 0 Å². The van der Waals surface area contributed by atoms with Crippen LogP contribution in [0.4, 0.5) is 10.5 Å². The zero-order chi connectivity index (χ0) is 19.9. The molecule has 3 aliphatic heterocycles. The number of ether oxygens (including phenoxy) is 4. The van der Waals surface area contributed by atoms with Gasteiger partial charge in [0, 0.05) is 38.6 Å². The van der Waals surface area contributed by atoms with E-state index in [1.165, 1.54) is 0 Å². The van der Waals surface area contributed by atoms with Crippen LogP contribution in [-0.2, 0) is 14.2 Å². The number of carbonyl (C=O) groups excluding carboxylic acids is 1. The fourth-order valence-corrected chi connectivity index (χ4v) is 4.11. The average molecular weight is 405 g/mol. The summed E-state index contributed by atoms with van der Waals surface area (Å²) in [4.78, 5) is 14.8. The van der Waals surface area contributed by atoms with Crippen molar-refractivity contribution in [3.63, 3.8) is 0 Å². The molecule has 0 spiro atoms. The van der Waals surface area contributed by atoms with Gasteiger partial charge in [0.2, 0.25) is 0 Å². The molecule has 7 nitrogen and oxygen atoms in total. The lowest BCUT2D eigenvalue weighted by atomic mass is 10.2. The van der Waals surface area contributed by atoms with Crippen molar-refractivity contribution in [2.24, 2.45) is 0 Å². The van der Waals surface area contributed by atoms with Crippen LogP contribution in [0.15, 0.2) is 24.3 Å². The molecule has 1 aromatic rings. The van der Waals surface area contributed by atoms with Gasteiger partial charge in [0.05, 0.1) is 18.3 Å². The zero-order valence-electron chi connectivity index (χ0n) is 17.0. The average Bonchev–Trinajstić information content (AvgIpc) is 3.51. The van der Waals surface area contributed by atoms with Crippen molar-refractivity contribution < 1.29 is 23.7 Å². The van der Waals surface area contributed by atoms with E-state index in [4.69, 9.17) is 18.9 Å². The minimum Gasteiger partial charge on any atom is -0.491 e. The maximum Gasteiger partial charge on any atom is 0.322 e. The molecule has 0 radical (unpaired) electrons. The SMILES string of the molecule is O=C(Nc1ccc(OC[C@@H]2CCCO2)cc1)N(C[C@H]1CCCO1)C[C@@H]1CCCO1. The third kappa shape index (κ3) is 6.07. The zero-order valence-corrected chi connectivity index (χ0v) is 17.0. The molecule has 3 heterocycles. The Morgan fingerprint density at radius 3 is 1.97 bits per heavy atom. The standard InChI is InChI=1S/C22H32N2O5/c25-22(24(14-19-4-1-11-26-19)15-20-5-2-12-27-20)23-17-7-9-18(10-8-17)29-16-21-6-3-13-28-21/h7-10,19-21H,1-6,11-16H2,(H,23,25)/t19-,20+,21-/m0/s1. The first kappa shape index (κ1) is 20.4. The van der Waals surface area contributed by atoms with E-state index < -0.39 is 0 Å². The molecule has 3 fully saturated rings. The van der Waals surface area contributed by atoms with Crippen molar-refractivity contribution in [3.05, 3.63) is 24.3 Å². The lowest BCUT2D eigenvalue weighted by Gasteiger charge is -2.28. The van der Waals surface area contributed by atoms with Crippen LogP contribution in [0.3, 0.4) is 0 Å². The Labute approximate surface area is 172 Å². The minimum absolute atomic E-state index is 0.107. The monoisotopic (exact) mass is 404 g/mol. The Morgan fingerprint density at radius 2 is 1.45 bits per heavy atom. The molecule has 0 unspecified atom stereocenters. The van der Waals surface area contributed by atoms with Gasteiger partial charge in [-0.3, -0.25) is 0 Å². The molecule has 3 aliphatic rings. The van der Waals surface area contributed by atoms with E-state index in [2.05, 4.69) is 5.32 Å². The highest BCUT2D eigenvalue weighted by molar-refractivity contribution is 5.89. The molecule has 3 saturated heterocycles. The molecule has 7 heteroatoms. The van der Waals surface area contributed by atoms with Gasteiger partial charge in [0.1, 0.15) is 12.4 Å². The summed E-state index contributed by atoms with van der Waals surface area (Å²) in [6.07, 6.45) is 6.73. The summed E-state index contributed by atoms with van der Waals surface area (Å²) < 4.78 is 22.9. The maximum atomic E-state index is 12.9. The van der Waals surface area contributed by atoms with Crippen molar-refractivity contribution in [3.8, 4) is 5.75 Å². The van der Waals surface area contributed by atoms with Crippen LogP contribution in [0.5, 0.6) is 5.75 Å². The van der Waals surface area contributed by atoms with Crippen LogP contribution in [0.2, 0.25) is 0 Å². The van der Waals surface area contributed by atoms with E-state index >= 15 is 0 Å². The number of urea groups is 1. The predicted molar refractivity (Wildman–Crippen MR) is 109 cm³/mol. The number of hydrogen-bond donors (Lipinski definition) is 1. The molecule has 0 saturated carbocycles. The highest BCUT2D eigenvalue weighted by atomic mass is 16.5. The number of nitrogens with one attached hydrogen (secondary N) is 1. The van der Waals surface area contributed by atoms with E-state index in [9.17, 15) is 4.79 Å². The summed E-state index contributed by atoms with van der Waals surface area (Å²) >= 11 is 0. The van der Waals surface area contributed by atoms with Crippen LogP contribution < -0.4 is 10.1 Å². The highest BCUT2D eigenvalue weighted by Crippen LogP contribution is 2.21. The van der Waals surface area contributed by atoms with Crippen molar-refractivity contribution in [2.45, 2.75) is 56.8 Å². The van der Waals surface area contributed by atoms with Gasteiger partial charge >= 0.3 is 6.03 Å². The number of rotatable bonds is 8. The Kier molecular flexibility index (Phi) is 7.24. The van der Waals surface area contributed by atoms with Gasteiger partial charge in [0.25, 0.3) is 0 Å². The summed E-state index contributed by atoms with van der Waals surface area (Å²) in [5.74, 6) is 0.786. The van der Waals surface area contributed by atoms with Gasteiger partial charge in [0.15, 0.2) is 0 Å². The van der Waals surface area contributed by atoms with Crippen molar-refractivity contribution >= 4 is 11.7 Å². The molecule has 2 amide bonds. The van der Waals surface area contributed by atoms with E-state index in [1.807, 2.05) is 29.2 Å². The lowest BCUT2D eigenvalue weighted by Crippen LogP contribution is -2.44. The van der Waals surface area contributed by atoms with Crippen LogP contribution in [-0.4, -0.2) is 68.8 Å². The molecule has 4 rings (SSSR count). The van der Waals surface area contributed by atoms with Crippen LogP contribution in [0, 0.1) is 0 Å². The van der Waals surface area contributed by atoms with Gasteiger partial charge < -0.3 is 29.2 Å². The minimum atomic E-state index is -0.107. The number of hydrogen-bond acceptors (Lipinski definition) is 5. The molecule has 3 atom stereocenters. The van der Waals surface area contributed by atoms with E-state index in [0.29, 0.717) is 19.7 Å².